The maximum atomic E-state index is 5.44. The molecule has 2 aliphatic rings. The molecule has 118 valence electrons. The summed E-state index contributed by atoms with van der Waals surface area (Å²) in [6.45, 7) is 17.0. The number of likely N-dealkylation sites (tertiary alicyclic amines) is 1. The van der Waals surface area contributed by atoms with Gasteiger partial charge in [-0.3, -0.25) is 4.90 Å². The minimum absolute atomic E-state index is 0.447. The van der Waals surface area contributed by atoms with Crippen LogP contribution < -0.4 is 5.32 Å². The lowest BCUT2D eigenvalue weighted by Crippen LogP contribution is -2.45. The third kappa shape index (κ3) is 5.68. The first-order valence-electron chi connectivity index (χ1n) is 8.29. The van der Waals surface area contributed by atoms with Gasteiger partial charge in [0.25, 0.3) is 0 Å². The molecule has 2 aliphatic heterocycles. The quantitative estimate of drug-likeness (QED) is 0.746. The molecule has 4 nitrogen and oxygen atoms in total. The molecule has 1 unspecified atom stereocenters. The second-order valence-electron chi connectivity index (χ2n) is 7.45. The molecule has 0 amide bonds. The highest BCUT2D eigenvalue weighted by Gasteiger charge is 2.28. The highest BCUT2D eigenvalue weighted by atomic mass is 16.5. The van der Waals surface area contributed by atoms with Crippen molar-refractivity contribution in [3.8, 4) is 0 Å². The van der Waals surface area contributed by atoms with Crippen LogP contribution in [0.15, 0.2) is 0 Å². The first kappa shape index (κ1) is 16.2. The average Bonchev–Trinajstić information content (AvgIpc) is 2.87. The Balaban J connectivity index is 1.54. The van der Waals surface area contributed by atoms with Crippen LogP contribution in [0.25, 0.3) is 0 Å². The minimum Gasteiger partial charge on any atom is -0.379 e. The normalized spacial score (nSPS) is 26.2. The summed E-state index contributed by atoms with van der Waals surface area (Å²) in [6.07, 6.45) is 2.59. The van der Waals surface area contributed by atoms with E-state index >= 15 is 0 Å². The monoisotopic (exact) mass is 283 g/mol. The lowest BCUT2D eigenvalue weighted by molar-refractivity contribution is 0.0185. The first-order valence-corrected chi connectivity index (χ1v) is 8.29. The van der Waals surface area contributed by atoms with Crippen LogP contribution in [0.5, 0.6) is 0 Å². The minimum atomic E-state index is 0.447. The Hall–Kier alpha value is -0.160. The Bertz CT molecular complexity index is 271. The van der Waals surface area contributed by atoms with Gasteiger partial charge in [0.15, 0.2) is 0 Å². The molecule has 4 heteroatoms. The number of hydrogen-bond acceptors (Lipinski definition) is 4. The number of rotatable bonds is 6. The van der Waals surface area contributed by atoms with E-state index in [0.717, 1.165) is 45.4 Å². The van der Waals surface area contributed by atoms with E-state index in [9.17, 15) is 0 Å². The van der Waals surface area contributed by atoms with Crippen LogP contribution in [0.2, 0.25) is 0 Å². The van der Waals surface area contributed by atoms with Gasteiger partial charge in [-0.05, 0) is 31.3 Å². The van der Waals surface area contributed by atoms with Gasteiger partial charge in [-0.2, -0.15) is 0 Å². The summed E-state index contributed by atoms with van der Waals surface area (Å²) in [7, 11) is 0. The predicted molar refractivity (Wildman–Crippen MR) is 84.2 cm³/mol. The number of nitrogens with zero attached hydrogens (tertiary/aromatic N) is 2. The standard InChI is InChI=1S/C16H33N3O/c1-16(2,3)5-6-17-7-9-18-8-4-15(14-18)19-10-12-20-13-11-19/h15,17H,4-14H2,1-3H3. The molecular formula is C16H33N3O. The van der Waals surface area contributed by atoms with Crippen molar-refractivity contribution in [1.29, 1.82) is 0 Å². The summed E-state index contributed by atoms with van der Waals surface area (Å²) in [5.41, 5.74) is 0.447. The Kier molecular flexibility index (Phi) is 6.27. The second-order valence-corrected chi connectivity index (χ2v) is 7.45. The van der Waals surface area contributed by atoms with E-state index in [-0.39, 0.29) is 0 Å². The third-order valence-corrected chi connectivity index (χ3v) is 4.47. The number of morpholine rings is 1. The van der Waals surface area contributed by atoms with Gasteiger partial charge in [0, 0.05) is 38.8 Å². The van der Waals surface area contributed by atoms with E-state index < -0.39 is 0 Å². The van der Waals surface area contributed by atoms with E-state index in [1.165, 1.54) is 32.5 Å². The molecule has 2 heterocycles. The summed E-state index contributed by atoms with van der Waals surface area (Å²) in [4.78, 5) is 5.24. The molecule has 0 saturated carbocycles. The molecule has 2 fully saturated rings. The van der Waals surface area contributed by atoms with Crippen molar-refractivity contribution >= 4 is 0 Å². The van der Waals surface area contributed by atoms with E-state index in [2.05, 4.69) is 35.9 Å². The molecule has 1 atom stereocenters. The summed E-state index contributed by atoms with van der Waals surface area (Å²) in [6, 6.07) is 0.772. The maximum absolute atomic E-state index is 5.44. The van der Waals surface area contributed by atoms with Crippen LogP contribution in [0.1, 0.15) is 33.6 Å². The molecule has 20 heavy (non-hydrogen) atoms. The molecule has 1 N–H and O–H groups in total. The molecule has 0 spiro atoms. The van der Waals surface area contributed by atoms with Gasteiger partial charge in [0.1, 0.15) is 0 Å². The lowest BCUT2D eigenvalue weighted by Gasteiger charge is -2.32. The zero-order chi connectivity index (χ0) is 14.4. The fourth-order valence-corrected chi connectivity index (χ4v) is 3.08. The molecule has 0 bridgehead atoms. The van der Waals surface area contributed by atoms with Crippen molar-refractivity contribution in [1.82, 2.24) is 15.1 Å². The molecule has 0 aromatic carbocycles. The zero-order valence-corrected chi connectivity index (χ0v) is 13.7. The van der Waals surface area contributed by atoms with Gasteiger partial charge in [-0.25, -0.2) is 0 Å². The number of ether oxygens (including phenoxy) is 1. The second kappa shape index (κ2) is 7.74. The first-order chi connectivity index (χ1) is 9.54. The van der Waals surface area contributed by atoms with Crippen LogP contribution in [0.3, 0.4) is 0 Å². The highest BCUT2D eigenvalue weighted by Crippen LogP contribution is 2.17. The third-order valence-electron chi connectivity index (χ3n) is 4.47. The number of nitrogens with one attached hydrogen (secondary N) is 1. The van der Waals surface area contributed by atoms with Crippen LogP contribution in [0.4, 0.5) is 0 Å². The van der Waals surface area contributed by atoms with Crippen molar-refractivity contribution in [3.05, 3.63) is 0 Å². The topological polar surface area (TPSA) is 27.7 Å². The molecule has 0 aromatic rings. The van der Waals surface area contributed by atoms with Crippen LogP contribution in [-0.4, -0.2) is 74.9 Å². The number of hydrogen-bond donors (Lipinski definition) is 1. The Morgan fingerprint density at radius 1 is 1.10 bits per heavy atom. The largest absolute Gasteiger partial charge is 0.379 e. The Morgan fingerprint density at radius 2 is 1.85 bits per heavy atom. The fraction of sp³-hybridized carbons (Fsp3) is 1.00. The average molecular weight is 283 g/mol. The molecule has 0 radical (unpaired) electrons. The fourth-order valence-electron chi connectivity index (χ4n) is 3.08. The van der Waals surface area contributed by atoms with Crippen LogP contribution >= 0.6 is 0 Å². The van der Waals surface area contributed by atoms with E-state index in [4.69, 9.17) is 4.74 Å². The van der Waals surface area contributed by atoms with Crippen molar-refractivity contribution in [2.45, 2.75) is 39.7 Å². The highest BCUT2D eigenvalue weighted by molar-refractivity contribution is 4.84. The van der Waals surface area contributed by atoms with Crippen molar-refractivity contribution in [3.63, 3.8) is 0 Å². The molecule has 2 saturated heterocycles. The predicted octanol–water partition coefficient (Wildman–Crippen LogP) is 1.42. The lowest BCUT2D eigenvalue weighted by atomic mass is 9.92. The van der Waals surface area contributed by atoms with Crippen molar-refractivity contribution in [2.24, 2.45) is 5.41 Å². The molecule has 2 rings (SSSR count). The molecule has 0 aromatic heterocycles. The van der Waals surface area contributed by atoms with E-state index in [0.29, 0.717) is 5.41 Å². The molecular weight excluding hydrogens is 250 g/mol. The van der Waals surface area contributed by atoms with Gasteiger partial charge in [-0.1, -0.05) is 20.8 Å². The summed E-state index contributed by atoms with van der Waals surface area (Å²) in [5.74, 6) is 0. The SMILES string of the molecule is CC(C)(C)CCNCCN1CCC(N2CCOCC2)C1. The van der Waals surface area contributed by atoms with Gasteiger partial charge in [0.2, 0.25) is 0 Å². The Labute approximate surface area is 124 Å². The van der Waals surface area contributed by atoms with Gasteiger partial charge >= 0.3 is 0 Å². The maximum Gasteiger partial charge on any atom is 0.0594 e. The van der Waals surface area contributed by atoms with Crippen molar-refractivity contribution in [2.75, 3.05) is 59.0 Å². The van der Waals surface area contributed by atoms with Crippen LogP contribution in [0, 0.1) is 5.41 Å². The zero-order valence-electron chi connectivity index (χ0n) is 13.7. The van der Waals surface area contributed by atoms with E-state index in [1.807, 2.05) is 0 Å². The van der Waals surface area contributed by atoms with Crippen molar-refractivity contribution < 1.29 is 4.74 Å². The van der Waals surface area contributed by atoms with Gasteiger partial charge < -0.3 is 15.0 Å². The summed E-state index contributed by atoms with van der Waals surface area (Å²) in [5, 5.41) is 3.59. The summed E-state index contributed by atoms with van der Waals surface area (Å²) >= 11 is 0. The van der Waals surface area contributed by atoms with Crippen LogP contribution in [-0.2, 0) is 4.74 Å². The van der Waals surface area contributed by atoms with Gasteiger partial charge in [0.05, 0.1) is 13.2 Å². The smallest absolute Gasteiger partial charge is 0.0594 e. The Morgan fingerprint density at radius 3 is 2.55 bits per heavy atom. The van der Waals surface area contributed by atoms with E-state index in [1.54, 1.807) is 0 Å². The summed E-state index contributed by atoms with van der Waals surface area (Å²) < 4.78 is 5.44. The van der Waals surface area contributed by atoms with Gasteiger partial charge in [-0.15, -0.1) is 0 Å². The molecule has 0 aliphatic carbocycles.